The Labute approximate surface area is 152 Å². The second-order valence-corrected chi connectivity index (χ2v) is 7.01. The molecule has 3 rings (SSSR count). The number of amides is 1. The van der Waals surface area contributed by atoms with Crippen LogP contribution >= 0.6 is 11.8 Å². The monoisotopic (exact) mass is 351 g/mol. The molecular formula is C20H21N3OS. The van der Waals surface area contributed by atoms with Gasteiger partial charge in [-0.2, -0.15) is 0 Å². The van der Waals surface area contributed by atoms with Gasteiger partial charge in [-0.25, -0.2) is 4.98 Å². The van der Waals surface area contributed by atoms with Crippen LogP contribution in [-0.4, -0.2) is 21.2 Å². The van der Waals surface area contributed by atoms with Crippen LogP contribution in [0.25, 0.3) is 11.3 Å². The zero-order chi connectivity index (χ0) is 17.8. The number of benzene rings is 2. The van der Waals surface area contributed by atoms with Crippen molar-refractivity contribution in [1.29, 1.82) is 0 Å². The summed E-state index contributed by atoms with van der Waals surface area (Å²) < 4.78 is 2.02. The van der Waals surface area contributed by atoms with Crippen molar-refractivity contribution < 1.29 is 4.79 Å². The molecule has 0 atom stereocenters. The molecule has 4 nitrogen and oxygen atoms in total. The number of anilines is 1. The van der Waals surface area contributed by atoms with E-state index in [9.17, 15) is 4.79 Å². The molecule has 0 saturated heterocycles. The molecule has 2 aromatic carbocycles. The Morgan fingerprint density at radius 2 is 1.80 bits per heavy atom. The molecule has 1 heterocycles. The third kappa shape index (κ3) is 4.31. The van der Waals surface area contributed by atoms with Crippen molar-refractivity contribution in [3.05, 3.63) is 65.9 Å². The number of nitrogens with zero attached hydrogens (tertiary/aromatic N) is 2. The van der Waals surface area contributed by atoms with Gasteiger partial charge in [-0.05, 0) is 42.7 Å². The third-order valence-corrected chi connectivity index (χ3v) is 4.90. The summed E-state index contributed by atoms with van der Waals surface area (Å²) in [7, 11) is 1.97. The summed E-state index contributed by atoms with van der Waals surface area (Å²) in [6, 6.07) is 16.2. The van der Waals surface area contributed by atoms with Crippen molar-refractivity contribution in [2.45, 2.75) is 19.0 Å². The Bertz CT molecular complexity index is 867. The average Bonchev–Trinajstić information content (AvgIpc) is 2.93. The van der Waals surface area contributed by atoms with Crippen LogP contribution in [0.1, 0.15) is 11.1 Å². The summed E-state index contributed by atoms with van der Waals surface area (Å²) in [5.74, 6) is 0.297. The molecule has 0 spiro atoms. The smallest absolute Gasteiger partial charge is 0.234 e. The average molecular weight is 351 g/mol. The van der Waals surface area contributed by atoms with Crippen molar-refractivity contribution in [1.82, 2.24) is 9.55 Å². The minimum Gasteiger partial charge on any atom is -0.325 e. The molecular weight excluding hydrogens is 330 g/mol. The lowest BCUT2D eigenvalue weighted by Crippen LogP contribution is -2.14. The SMILES string of the molecule is Cc1cc(C)cc(NC(=O)CSc2ncc(-c3ccccc3)n2C)c1. The highest BCUT2D eigenvalue weighted by atomic mass is 32.2. The van der Waals surface area contributed by atoms with Crippen LogP contribution in [0.3, 0.4) is 0 Å². The van der Waals surface area contributed by atoms with Crippen molar-refractivity contribution in [2.24, 2.45) is 7.05 Å². The zero-order valence-corrected chi connectivity index (χ0v) is 15.4. The summed E-state index contributed by atoms with van der Waals surface area (Å²) in [5.41, 5.74) is 5.27. The van der Waals surface area contributed by atoms with E-state index in [1.807, 2.05) is 62.0 Å². The predicted octanol–water partition coefficient (Wildman–Crippen LogP) is 4.43. The first-order valence-electron chi connectivity index (χ1n) is 8.11. The van der Waals surface area contributed by atoms with Gasteiger partial charge in [0, 0.05) is 12.7 Å². The number of thioether (sulfide) groups is 1. The molecule has 0 radical (unpaired) electrons. The molecule has 1 N–H and O–H groups in total. The minimum atomic E-state index is -0.0285. The molecule has 5 heteroatoms. The van der Waals surface area contributed by atoms with Crippen LogP contribution in [0.5, 0.6) is 0 Å². The van der Waals surface area contributed by atoms with Gasteiger partial charge in [-0.3, -0.25) is 4.79 Å². The van der Waals surface area contributed by atoms with E-state index in [0.29, 0.717) is 5.75 Å². The molecule has 0 aliphatic carbocycles. The lowest BCUT2D eigenvalue weighted by Gasteiger charge is -2.08. The minimum absolute atomic E-state index is 0.0285. The Hall–Kier alpha value is -2.53. The normalized spacial score (nSPS) is 10.7. The van der Waals surface area contributed by atoms with Gasteiger partial charge in [0.05, 0.1) is 17.6 Å². The van der Waals surface area contributed by atoms with E-state index in [4.69, 9.17) is 0 Å². The maximum atomic E-state index is 12.2. The maximum Gasteiger partial charge on any atom is 0.234 e. The van der Waals surface area contributed by atoms with E-state index in [-0.39, 0.29) is 5.91 Å². The number of aromatic nitrogens is 2. The molecule has 0 saturated carbocycles. The molecule has 0 aliphatic heterocycles. The second kappa shape index (κ2) is 7.57. The van der Waals surface area contributed by atoms with Crippen molar-refractivity contribution in [3.63, 3.8) is 0 Å². The number of nitrogens with one attached hydrogen (secondary N) is 1. The lowest BCUT2D eigenvalue weighted by atomic mass is 10.1. The van der Waals surface area contributed by atoms with E-state index >= 15 is 0 Å². The van der Waals surface area contributed by atoms with Crippen LogP contribution in [-0.2, 0) is 11.8 Å². The van der Waals surface area contributed by atoms with Crippen molar-refractivity contribution in [3.8, 4) is 11.3 Å². The quantitative estimate of drug-likeness (QED) is 0.692. The summed E-state index contributed by atoms with van der Waals surface area (Å²) in [6.45, 7) is 4.05. The summed E-state index contributed by atoms with van der Waals surface area (Å²) in [6.07, 6.45) is 1.85. The summed E-state index contributed by atoms with van der Waals surface area (Å²) in [5, 5.41) is 3.78. The maximum absolute atomic E-state index is 12.2. The zero-order valence-electron chi connectivity index (χ0n) is 14.6. The molecule has 25 heavy (non-hydrogen) atoms. The fourth-order valence-corrected chi connectivity index (χ4v) is 3.53. The standard InChI is InChI=1S/C20H21N3OS/c1-14-9-15(2)11-17(10-14)22-19(24)13-25-20-21-12-18(23(20)3)16-7-5-4-6-8-16/h4-12H,13H2,1-3H3,(H,22,24). The summed E-state index contributed by atoms with van der Waals surface area (Å²) >= 11 is 1.44. The molecule has 1 aromatic heterocycles. The molecule has 0 unspecified atom stereocenters. The molecule has 1 amide bonds. The fourth-order valence-electron chi connectivity index (χ4n) is 2.78. The lowest BCUT2D eigenvalue weighted by molar-refractivity contribution is -0.113. The first-order valence-corrected chi connectivity index (χ1v) is 9.09. The van der Waals surface area contributed by atoms with E-state index in [1.165, 1.54) is 11.8 Å². The van der Waals surface area contributed by atoms with Crippen LogP contribution in [0, 0.1) is 13.8 Å². The highest BCUT2D eigenvalue weighted by Crippen LogP contribution is 2.24. The van der Waals surface area contributed by atoms with Gasteiger partial charge in [0.25, 0.3) is 0 Å². The molecule has 0 fully saturated rings. The van der Waals surface area contributed by atoms with Crippen LogP contribution < -0.4 is 5.32 Å². The molecule has 0 aliphatic rings. The number of hydrogen-bond acceptors (Lipinski definition) is 3. The number of hydrogen-bond donors (Lipinski definition) is 1. The van der Waals surface area contributed by atoms with E-state index < -0.39 is 0 Å². The number of imidazole rings is 1. The number of rotatable bonds is 5. The topological polar surface area (TPSA) is 46.9 Å². The van der Waals surface area contributed by atoms with Gasteiger partial charge < -0.3 is 9.88 Å². The van der Waals surface area contributed by atoms with Gasteiger partial charge in [-0.1, -0.05) is 48.2 Å². The first-order chi connectivity index (χ1) is 12.0. The number of carbonyl (C=O) groups is 1. The van der Waals surface area contributed by atoms with Crippen LogP contribution in [0.15, 0.2) is 59.9 Å². The van der Waals surface area contributed by atoms with Gasteiger partial charge >= 0.3 is 0 Å². The molecule has 128 valence electrons. The number of carbonyl (C=O) groups excluding carboxylic acids is 1. The Morgan fingerprint density at radius 1 is 1.12 bits per heavy atom. The highest BCUT2D eigenvalue weighted by molar-refractivity contribution is 7.99. The Morgan fingerprint density at radius 3 is 2.48 bits per heavy atom. The third-order valence-electron chi connectivity index (χ3n) is 3.85. The van der Waals surface area contributed by atoms with Crippen LogP contribution in [0.2, 0.25) is 0 Å². The van der Waals surface area contributed by atoms with Gasteiger partial charge in [0.15, 0.2) is 5.16 Å². The van der Waals surface area contributed by atoms with E-state index in [2.05, 4.69) is 28.5 Å². The first kappa shape index (κ1) is 17.3. The fraction of sp³-hybridized carbons (Fsp3) is 0.200. The molecule has 3 aromatic rings. The van der Waals surface area contributed by atoms with E-state index in [1.54, 1.807) is 0 Å². The number of aryl methyl sites for hydroxylation is 2. The Balaban J connectivity index is 1.64. The van der Waals surface area contributed by atoms with Gasteiger partial charge in [-0.15, -0.1) is 0 Å². The predicted molar refractivity (Wildman–Crippen MR) is 104 cm³/mol. The van der Waals surface area contributed by atoms with Crippen LogP contribution in [0.4, 0.5) is 5.69 Å². The second-order valence-electron chi connectivity index (χ2n) is 6.06. The Kier molecular flexibility index (Phi) is 5.24. The van der Waals surface area contributed by atoms with Crippen molar-refractivity contribution in [2.75, 3.05) is 11.1 Å². The van der Waals surface area contributed by atoms with Gasteiger partial charge in [0.2, 0.25) is 5.91 Å². The largest absolute Gasteiger partial charge is 0.325 e. The van der Waals surface area contributed by atoms with Gasteiger partial charge in [0.1, 0.15) is 0 Å². The highest BCUT2D eigenvalue weighted by Gasteiger charge is 2.11. The summed E-state index contributed by atoms with van der Waals surface area (Å²) in [4.78, 5) is 16.7. The molecule has 0 bridgehead atoms. The van der Waals surface area contributed by atoms with Crippen molar-refractivity contribution >= 4 is 23.4 Å². The van der Waals surface area contributed by atoms with E-state index in [0.717, 1.165) is 33.2 Å².